The van der Waals surface area contributed by atoms with Gasteiger partial charge < -0.3 is 18.9 Å². The number of fused-ring (bicyclic) bond motifs is 2. The van der Waals surface area contributed by atoms with E-state index in [0.717, 1.165) is 55.9 Å². The van der Waals surface area contributed by atoms with E-state index in [2.05, 4.69) is 15.2 Å². The maximum Gasteiger partial charge on any atom is 0.358 e. The summed E-state index contributed by atoms with van der Waals surface area (Å²) < 4.78 is 18.7. The van der Waals surface area contributed by atoms with Gasteiger partial charge in [0.05, 0.1) is 29.9 Å². The van der Waals surface area contributed by atoms with E-state index < -0.39 is 5.97 Å². The van der Waals surface area contributed by atoms with Crippen LogP contribution in [0.15, 0.2) is 41.1 Å². The van der Waals surface area contributed by atoms with E-state index in [9.17, 15) is 4.79 Å². The number of anilines is 1. The molecule has 2 saturated carbocycles. The second kappa shape index (κ2) is 9.80. The summed E-state index contributed by atoms with van der Waals surface area (Å²) in [6, 6.07) is 9.07. The van der Waals surface area contributed by atoms with E-state index in [1.165, 1.54) is 7.11 Å². The van der Waals surface area contributed by atoms with Gasteiger partial charge in [-0.25, -0.2) is 14.3 Å². The van der Waals surface area contributed by atoms with Crippen molar-refractivity contribution in [2.75, 3.05) is 25.1 Å². The summed E-state index contributed by atoms with van der Waals surface area (Å²) in [6.07, 6.45) is 6.20. The minimum atomic E-state index is -0.471. The number of ether oxygens (including phenoxy) is 2. The van der Waals surface area contributed by atoms with Crippen molar-refractivity contribution >= 4 is 40.6 Å². The Morgan fingerprint density at radius 1 is 1.13 bits per heavy atom. The molecule has 1 saturated heterocycles. The van der Waals surface area contributed by atoms with Gasteiger partial charge in [-0.1, -0.05) is 34.4 Å². The molecule has 7 rings (SSSR count). The van der Waals surface area contributed by atoms with Crippen LogP contribution in [0.2, 0.25) is 10.0 Å². The first-order chi connectivity index (χ1) is 19.0. The molecule has 2 aliphatic carbocycles. The lowest BCUT2D eigenvalue weighted by atomic mass is 10.0. The SMILES string of the molecule is COC(=O)c1cc2nc(N3CC4CC(OCc5c(-c6c(Cl)cccc6Cl)noc5C5CC5)C[C@H]4C3)ccn2n1. The van der Waals surface area contributed by atoms with Crippen molar-refractivity contribution in [2.24, 2.45) is 11.8 Å². The molecule has 202 valence electrons. The van der Waals surface area contributed by atoms with Gasteiger partial charge in [-0.3, -0.25) is 0 Å². The Balaban J connectivity index is 1.03. The standard InChI is InChI=1S/C28H27Cl2N5O4/c1-37-28(36)22-11-24-31-23(7-8-35(24)32-22)34-12-16-9-18(10-17(16)13-34)38-14-19-26(33-39-27(19)15-5-6-15)25-20(29)3-2-4-21(25)30/h2-4,7-8,11,15-18H,5-6,9-10,12-14H2,1H3/t16-,17?,18?/m0/s1. The van der Waals surface area contributed by atoms with Crippen LogP contribution in [-0.4, -0.2) is 52.0 Å². The average Bonchev–Trinajstić information content (AvgIpc) is 3.24. The normalized spacial score (nSPS) is 22.5. The molecule has 4 heterocycles. The highest BCUT2D eigenvalue weighted by Crippen LogP contribution is 2.47. The molecule has 1 aliphatic heterocycles. The number of hydrogen-bond acceptors (Lipinski definition) is 8. The van der Waals surface area contributed by atoms with Crippen LogP contribution in [0.1, 0.15) is 53.4 Å². The molecule has 3 fully saturated rings. The fraction of sp³-hybridized carbons (Fsp3) is 0.429. The number of carbonyl (C=O) groups excluding carboxylic acids is 1. The highest BCUT2D eigenvalue weighted by molar-refractivity contribution is 6.39. The van der Waals surface area contributed by atoms with Crippen molar-refractivity contribution in [2.45, 2.75) is 44.3 Å². The first-order valence-corrected chi connectivity index (χ1v) is 14.0. The molecule has 4 aromatic rings. The molecule has 0 spiro atoms. The predicted octanol–water partition coefficient (Wildman–Crippen LogP) is 5.79. The van der Waals surface area contributed by atoms with Crippen LogP contribution in [0.25, 0.3) is 16.9 Å². The van der Waals surface area contributed by atoms with Crippen molar-refractivity contribution < 1.29 is 18.8 Å². The lowest BCUT2D eigenvalue weighted by Crippen LogP contribution is -2.24. The van der Waals surface area contributed by atoms with Gasteiger partial charge in [0.25, 0.3) is 0 Å². The number of nitrogens with zero attached hydrogens (tertiary/aromatic N) is 5. The molecule has 0 radical (unpaired) electrons. The van der Waals surface area contributed by atoms with E-state index in [1.807, 2.05) is 30.5 Å². The molecular weight excluding hydrogens is 541 g/mol. The summed E-state index contributed by atoms with van der Waals surface area (Å²) in [7, 11) is 1.34. The summed E-state index contributed by atoms with van der Waals surface area (Å²) in [4.78, 5) is 18.9. The highest BCUT2D eigenvalue weighted by atomic mass is 35.5. The number of carbonyl (C=O) groups is 1. The zero-order valence-corrected chi connectivity index (χ0v) is 22.9. The molecular formula is C28H27Cl2N5O4. The van der Waals surface area contributed by atoms with Gasteiger partial charge in [0, 0.05) is 42.4 Å². The Morgan fingerprint density at radius 3 is 2.56 bits per heavy atom. The lowest BCUT2D eigenvalue weighted by molar-refractivity contribution is 0.0402. The van der Waals surface area contributed by atoms with E-state index in [1.54, 1.807) is 10.6 Å². The molecule has 3 aliphatic rings. The van der Waals surface area contributed by atoms with Crippen molar-refractivity contribution in [3.63, 3.8) is 0 Å². The molecule has 0 bridgehead atoms. The third-order valence-corrected chi connectivity index (χ3v) is 8.80. The maximum atomic E-state index is 11.8. The Labute approximate surface area is 235 Å². The fourth-order valence-corrected chi connectivity index (χ4v) is 6.64. The zero-order valence-electron chi connectivity index (χ0n) is 21.3. The summed E-state index contributed by atoms with van der Waals surface area (Å²) >= 11 is 13.0. The number of esters is 1. The van der Waals surface area contributed by atoms with Gasteiger partial charge in [0.2, 0.25) is 0 Å². The van der Waals surface area contributed by atoms with Crippen LogP contribution in [0, 0.1) is 11.8 Å². The van der Waals surface area contributed by atoms with Gasteiger partial charge in [-0.15, -0.1) is 0 Å². The molecule has 39 heavy (non-hydrogen) atoms. The van der Waals surface area contributed by atoms with Crippen molar-refractivity contribution in [3.8, 4) is 11.3 Å². The van der Waals surface area contributed by atoms with E-state index in [-0.39, 0.29) is 11.8 Å². The lowest BCUT2D eigenvalue weighted by Gasteiger charge is -2.20. The van der Waals surface area contributed by atoms with E-state index in [0.29, 0.717) is 51.3 Å². The third-order valence-electron chi connectivity index (χ3n) is 8.17. The maximum absolute atomic E-state index is 11.8. The first-order valence-electron chi connectivity index (χ1n) is 13.2. The fourth-order valence-electron chi connectivity index (χ4n) is 6.07. The van der Waals surface area contributed by atoms with Gasteiger partial charge in [0.1, 0.15) is 17.3 Å². The minimum absolute atomic E-state index is 0.173. The smallest absolute Gasteiger partial charge is 0.358 e. The van der Waals surface area contributed by atoms with Gasteiger partial charge in [0.15, 0.2) is 11.3 Å². The topological polar surface area (TPSA) is 95.0 Å². The van der Waals surface area contributed by atoms with Crippen LogP contribution < -0.4 is 4.90 Å². The van der Waals surface area contributed by atoms with Gasteiger partial charge >= 0.3 is 5.97 Å². The first kappa shape index (κ1) is 24.9. The van der Waals surface area contributed by atoms with Crippen molar-refractivity contribution in [1.82, 2.24) is 19.8 Å². The monoisotopic (exact) mass is 567 g/mol. The van der Waals surface area contributed by atoms with Crippen LogP contribution in [0.3, 0.4) is 0 Å². The number of rotatable bonds is 7. The highest BCUT2D eigenvalue weighted by Gasteiger charge is 2.42. The van der Waals surface area contributed by atoms with Crippen LogP contribution in [0.5, 0.6) is 0 Å². The quantitative estimate of drug-likeness (QED) is 0.259. The van der Waals surface area contributed by atoms with Gasteiger partial charge in [-0.2, -0.15) is 5.10 Å². The Kier molecular flexibility index (Phi) is 6.25. The molecule has 0 amide bonds. The summed E-state index contributed by atoms with van der Waals surface area (Å²) in [5.41, 5.74) is 3.23. The number of hydrogen-bond donors (Lipinski definition) is 0. The van der Waals surface area contributed by atoms with Crippen LogP contribution >= 0.6 is 23.2 Å². The number of aromatic nitrogens is 4. The number of benzene rings is 1. The van der Waals surface area contributed by atoms with Crippen molar-refractivity contribution in [3.05, 3.63) is 63.6 Å². The Morgan fingerprint density at radius 2 is 1.87 bits per heavy atom. The molecule has 1 aromatic carbocycles. The number of methoxy groups -OCH3 is 1. The van der Waals surface area contributed by atoms with E-state index in [4.69, 9.17) is 42.2 Å². The second-order valence-corrected chi connectivity index (χ2v) is 11.5. The minimum Gasteiger partial charge on any atom is -0.464 e. The molecule has 3 atom stereocenters. The van der Waals surface area contributed by atoms with Crippen LogP contribution in [-0.2, 0) is 16.1 Å². The molecule has 3 aromatic heterocycles. The molecule has 9 nitrogen and oxygen atoms in total. The summed E-state index contributed by atoms with van der Waals surface area (Å²) in [6.45, 7) is 2.28. The number of halogens is 2. The largest absolute Gasteiger partial charge is 0.464 e. The van der Waals surface area contributed by atoms with Gasteiger partial charge in [-0.05, 0) is 55.7 Å². The average molecular weight is 568 g/mol. The Bertz CT molecular complexity index is 1530. The summed E-state index contributed by atoms with van der Waals surface area (Å²) in [5.74, 6) is 2.79. The summed E-state index contributed by atoms with van der Waals surface area (Å²) in [5, 5.41) is 9.73. The molecule has 2 unspecified atom stereocenters. The molecule has 11 heteroatoms. The van der Waals surface area contributed by atoms with E-state index >= 15 is 0 Å². The second-order valence-electron chi connectivity index (χ2n) is 10.7. The van der Waals surface area contributed by atoms with Crippen molar-refractivity contribution in [1.29, 1.82) is 0 Å². The zero-order chi connectivity index (χ0) is 26.7. The Hall–Kier alpha value is -3.14. The third kappa shape index (κ3) is 4.56. The predicted molar refractivity (Wildman–Crippen MR) is 145 cm³/mol. The molecule has 0 N–H and O–H groups in total. The van der Waals surface area contributed by atoms with Crippen LogP contribution in [0.4, 0.5) is 5.82 Å².